The van der Waals surface area contributed by atoms with E-state index in [4.69, 9.17) is 9.84 Å². The molecule has 0 bridgehead atoms. The van der Waals surface area contributed by atoms with Crippen LogP contribution in [0, 0.1) is 13.8 Å². The molecule has 0 amide bonds. The Morgan fingerprint density at radius 3 is 2.37 bits per heavy atom. The third-order valence-corrected chi connectivity index (χ3v) is 4.68. The molecule has 0 spiro atoms. The monoisotopic (exact) mass is 287 g/mol. The second-order valence-electron chi connectivity index (χ2n) is 4.24. The maximum atomic E-state index is 12.3. The van der Waals surface area contributed by atoms with Gasteiger partial charge in [-0.2, -0.15) is 4.31 Å². The molecule has 6 nitrogen and oxygen atoms in total. The number of likely N-dealkylation sites (N-methyl/N-ethyl adjacent to an activating group) is 1. The van der Waals surface area contributed by atoms with Gasteiger partial charge in [-0.15, -0.1) is 0 Å². The Bertz CT molecular complexity index is 594. The van der Waals surface area contributed by atoms with Gasteiger partial charge in [-0.05, 0) is 37.1 Å². The van der Waals surface area contributed by atoms with Crippen LogP contribution >= 0.6 is 0 Å². The third kappa shape index (κ3) is 3.24. The standard InChI is InChI=1S/C12H17NO5S/c1-8-6-11(9(2)5-10(8)18-4)19(16,17)13(3)7-12(14)15/h5-6H,7H2,1-4H3,(H,14,15). The van der Waals surface area contributed by atoms with E-state index in [-0.39, 0.29) is 4.90 Å². The number of nitrogens with zero attached hydrogens (tertiary/aromatic N) is 1. The van der Waals surface area contributed by atoms with Crippen molar-refractivity contribution in [2.75, 3.05) is 20.7 Å². The summed E-state index contributed by atoms with van der Waals surface area (Å²) in [7, 11) is -1.07. The van der Waals surface area contributed by atoms with Gasteiger partial charge in [0.2, 0.25) is 10.0 Å². The smallest absolute Gasteiger partial charge is 0.318 e. The quantitative estimate of drug-likeness (QED) is 0.874. The largest absolute Gasteiger partial charge is 0.496 e. The minimum absolute atomic E-state index is 0.0922. The number of benzene rings is 1. The molecule has 0 heterocycles. The molecule has 0 saturated heterocycles. The zero-order valence-corrected chi connectivity index (χ0v) is 12.1. The molecule has 0 aliphatic heterocycles. The zero-order valence-electron chi connectivity index (χ0n) is 11.3. The normalized spacial score (nSPS) is 11.6. The van der Waals surface area contributed by atoms with Crippen molar-refractivity contribution in [3.05, 3.63) is 23.3 Å². The fourth-order valence-corrected chi connectivity index (χ4v) is 3.11. The highest BCUT2D eigenvalue weighted by atomic mass is 32.2. The van der Waals surface area contributed by atoms with Crippen molar-refractivity contribution in [2.24, 2.45) is 0 Å². The van der Waals surface area contributed by atoms with Crippen LogP contribution in [0.3, 0.4) is 0 Å². The van der Waals surface area contributed by atoms with Crippen molar-refractivity contribution in [1.29, 1.82) is 0 Å². The lowest BCUT2D eigenvalue weighted by atomic mass is 10.1. The average Bonchev–Trinajstić information content (AvgIpc) is 2.30. The summed E-state index contributed by atoms with van der Waals surface area (Å²) in [6.45, 7) is 2.80. The highest BCUT2D eigenvalue weighted by Gasteiger charge is 2.25. The van der Waals surface area contributed by atoms with Crippen molar-refractivity contribution >= 4 is 16.0 Å². The summed E-state index contributed by atoms with van der Waals surface area (Å²) in [5, 5.41) is 8.67. The van der Waals surface area contributed by atoms with Gasteiger partial charge in [0.05, 0.1) is 12.0 Å². The van der Waals surface area contributed by atoms with Crippen LogP contribution in [0.1, 0.15) is 11.1 Å². The van der Waals surface area contributed by atoms with Crippen molar-refractivity contribution in [3.63, 3.8) is 0 Å². The van der Waals surface area contributed by atoms with E-state index < -0.39 is 22.5 Å². The molecule has 0 aliphatic rings. The topological polar surface area (TPSA) is 83.9 Å². The van der Waals surface area contributed by atoms with Crippen molar-refractivity contribution < 1.29 is 23.1 Å². The minimum atomic E-state index is -3.82. The molecule has 0 unspecified atom stereocenters. The van der Waals surface area contributed by atoms with Crippen molar-refractivity contribution in [2.45, 2.75) is 18.7 Å². The van der Waals surface area contributed by atoms with E-state index in [1.807, 2.05) is 0 Å². The highest BCUT2D eigenvalue weighted by Crippen LogP contribution is 2.27. The molecule has 0 saturated carbocycles. The molecule has 0 aliphatic carbocycles. The summed E-state index contributed by atoms with van der Waals surface area (Å²) < 4.78 is 30.4. The van der Waals surface area contributed by atoms with Gasteiger partial charge in [-0.25, -0.2) is 8.42 Å². The molecule has 106 valence electrons. The lowest BCUT2D eigenvalue weighted by molar-refractivity contribution is -0.137. The number of aryl methyl sites for hydroxylation is 2. The Kier molecular flexibility index (Phi) is 4.54. The van der Waals surface area contributed by atoms with Gasteiger partial charge in [-0.1, -0.05) is 0 Å². The predicted molar refractivity (Wildman–Crippen MR) is 69.9 cm³/mol. The first-order chi connectivity index (χ1) is 8.70. The summed E-state index contributed by atoms with van der Waals surface area (Å²) in [6, 6.07) is 3.11. The summed E-state index contributed by atoms with van der Waals surface area (Å²) in [6.07, 6.45) is 0. The first kappa shape index (κ1) is 15.5. The van der Waals surface area contributed by atoms with E-state index in [0.29, 0.717) is 16.9 Å². The van der Waals surface area contributed by atoms with Gasteiger partial charge < -0.3 is 9.84 Å². The number of carboxylic acids is 1. The lowest BCUT2D eigenvalue weighted by Crippen LogP contribution is -2.32. The van der Waals surface area contributed by atoms with E-state index in [1.54, 1.807) is 19.9 Å². The molecule has 1 N–H and O–H groups in total. The first-order valence-electron chi connectivity index (χ1n) is 5.53. The minimum Gasteiger partial charge on any atom is -0.496 e. The second-order valence-corrected chi connectivity index (χ2v) is 6.26. The number of methoxy groups -OCH3 is 1. The summed E-state index contributed by atoms with van der Waals surface area (Å²) in [4.78, 5) is 10.7. The maximum Gasteiger partial charge on any atom is 0.318 e. The number of rotatable bonds is 5. The zero-order chi connectivity index (χ0) is 14.8. The Balaban J connectivity index is 3.29. The average molecular weight is 287 g/mol. The van der Waals surface area contributed by atoms with Crippen LogP contribution in [0.15, 0.2) is 17.0 Å². The van der Waals surface area contributed by atoms with Crippen molar-refractivity contribution in [3.8, 4) is 5.75 Å². The van der Waals surface area contributed by atoms with Gasteiger partial charge in [0.1, 0.15) is 12.3 Å². The first-order valence-corrected chi connectivity index (χ1v) is 6.97. The van der Waals surface area contributed by atoms with Crippen molar-refractivity contribution in [1.82, 2.24) is 4.31 Å². The van der Waals surface area contributed by atoms with Gasteiger partial charge in [-0.3, -0.25) is 4.79 Å². The Morgan fingerprint density at radius 2 is 1.89 bits per heavy atom. The molecule has 1 aromatic rings. The fraction of sp³-hybridized carbons (Fsp3) is 0.417. The molecule has 0 aromatic heterocycles. The molecule has 0 atom stereocenters. The molecule has 0 radical (unpaired) electrons. The number of hydrogen-bond donors (Lipinski definition) is 1. The highest BCUT2D eigenvalue weighted by molar-refractivity contribution is 7.89. The Morgan fingerprint density at radius 1 is 1.32 bits per heavy atom. The third-order valence-electron chi connectivity index (χ3n) is 2.74. The lowest BCUT2D eigenvalue weighted by Gasteiger charge is -2.18. The van der Waals surface area contributed by atoms with Gasteiger partial charge in [0.15, 0.2) is 0 Å². The van der Waals surface area contributed by atoms with Crippen LogP contribution in [0.2, 0.25) is 0 Å². The molecule has 1 aromatic carbocycles. The van der Waals surface area contributed by atoms with E-state index in [2.05, 4.69) is 0 Å². The maximum absolute atomic E-state index is 12.3. The van der Waals surface area contributed by atoms with E-state index >= 15 is 0 Å². The Labute approximate surface area is 112 Å². The van der Waals surface area contributed by atoms with Crippen LogP contribution in [0.5, 0.6) is 5.75 Å². The van der Waals surface area contributed by atoms with Crippen LogP contribution in [-0.2, 0) is 14.8 Å². The summed E-state index contributed by atoms with van der Waals surface area (Å²) >= 11 is 0. The number of carbonyl (C=O) groups is 1. The van der Waals surface area contributed by atoms with E-state index in [1.165, 1.54) is 20.2 Å². The second kappa shape index (κ2) is 5.58. The number of hydrogen-bond acceptors (Lipinski definition) is 4. The van der Waals surface area contributed by atoms with Crippen LogP contribution in [-0.4, -0.2) is 44.5 Å². The molecule has 0 fully saturated rings. The van der Waals surface area contributed by atoms with Gasteiger partial charge in [0, 0.05) is 7.05 Å². The molecular weight excluding hydrogens is 270 g/mol. The SMILES string of the molecule is COc1cc(C)c(S(=O)(=O)N(C)CC(=O)O)cc1C. The fourth-order valence-electron chi connectivity index (χ4n) is 1.70. The van der Waals surface area contributed by atoms with Crippen LogP contribution in [0.4, 0.5) is 0 Å². The number of sulfonamides is 1. The van der Waals surface area contributed by atoms with Gasteiger partial charge in [0.25, 0.3) is 0 Å². The number of carboxylic acid groups (broad SMARTS) is 1. The number of aliphatic carboxylic acids is 1. The summed E-state index contributed by atoms with van der Waals surface area (Å²) in [5.41, 5.74) is 1.19. The Hall–Kier alpha value is -1.60. The predicted octanol–water partition coefficient (Wildman–Crippen LogP) is 1.02. The van der Waals surface area contributed by atoms with Crippen LogP contribution < -0.4 is 4.74 Å². The molecule has 1 rings (SSSR count). The van der Waals surface area contributed by atoms with Crippen LogP contribution in [0.25, 0.3) is 0 Å². The molecular formula is C12H17NO5S. The number of ether oxygens (including phenoxy) is 1. The summed E-state index contributed by atoms with van der Waals surface area (Å²) in [5.74, 6) is -0.605. The van der Waals surface area contributed by atoms with E-state index in [0.717, 1.165) is 4.31 Å². The van der Waals surface area contributed by atoms with E-state index in [9.17, 15) is 13.2 Å². The molecule has 7 heteroatoms. The van der Waals surface area contributed by atoms with Gasteiger partial charge >= 0.3 is 5.97 Å². The molecule has 19 heavy (non-hydrogen) atoms.